The van der Waals surface area contributed by atoms with Gasteiger partial charge < -0.3 is 9.47 Å². The molecule has 0 spiro atoms. The van der Waals surface area contributed by atoms with Crippen LogP contribution < -0.4 is 0 Å². The lowest BCUT2D eigenvalue weighted by atomic mass is 9.96. The van der Waals surface area contributed by atoms with Crippen molar-refractivity contribution in [3.8, 4) is 0 Å². The van der Waals surface area contributed by atoms with E-state index in [1.165, 1.54) is 18.7 Å². The summed E-state index contributed by atoms with van der Waals surface area (Å²) in [5.74, 6) is 2.62. The Morgan fingerprint density at radius 2 is 1.96 bits per heavy atom. The lowest BCUT2D eigenvalue weighted by Crippen LogP contribution is -2.43. The Morgan fingerprint density at radius 1 is 1.30 bits per heavy atom. The summed E-state index contributed by atoms with van der Waals surface area (Å²) in [7, 11) is 0. The average molecular weight is 320 g/mol. The molecule has 0 aliphatic carbocycles. The van der Waals surface area contributed by atoms with Crippen molar-refractivity contribution in [2.75, 3.05) is 32.7 Å². The van der Waals surface area contributed by atoms with Gasteiger partial charge in [0, 0.05) is 37.9 Å². The second kappa shape index (κ2) is 8.48. The zero-order valence-electron chi connectivity index (χ0n) is 15.2. The number of amides is 1. The van der Waals surface area contributed by atoms with Crippen LogP contribution in [-0.4, -0.2) is 58.0 Å². The van der Waals surface area contributed by atoms with Crippen LogP contribution in [0.25, 0.3) is 0 Å². The summed E-state index contributed by atoms with van der Waals surface area (Å²) in [6.45, 7) is 13.8. The second-order valence-corrected chi connectivity index (χ2v) is 6.88. The highest BCUT2D eigenvalue weighted by Gasteiger charge is 2.23. The van der Waals surface area contributed by atoms with E-state index in [0.717, 1.165) is 32.7 Å². The molecule has 2 rings (SSSR count). The Bertz CT molecular complexity index is 485. The van der Waals surface area contributed by atoms with E-state index in [9.17, 15) is 4.79 Å². The van der Waals surface area contributed by atoms with E-state index < -0.39 is 0 Å². The number of hydrogen-bond acceptors (Lipinski definition) is 3. The van der Waals surface area contributed by atoms with Gasteiger partial charge >= 0.3 is 0 Å². The lowest BCUT2D eigenvalue weighted by molar-refractivity contribution is -0.132. The van der Waals surface area contributed by atoms with E-state index in [2.05, 4.69) is 34.5 Å². The normalized spacial score (nSPS) is 16.9. The first-order valence-electron chi connectivity index (χ1n) is 9.06. The van der Waals surface area contributed by atoms with Crippen LogP contribution in [-0.2, 0) is 11.3 Å². The summed E-state index contributed by atoms with van der Waals surface area (Å²) in [6, 6.07) is 0. The van der Waals surface area contributed by atoms with Crippen LogP contribution in [0.1, 0.15) is 52.3 Å². The van der Waals surface area contributed by atoms with Crippen LogP contribution in [0, 0.1) is 5.92 Å². The van der Waals surface area contributed by atoms with Crippen molar-refractivity contribution in [2.45, 2.75) is 53.0 Å². The molecule has 1 amide bonds. The van der Waals surface area contributed by atoms with E-state index in [-0.39, 0.29) is 5.91 Å². The number of nitrogens with zero attached hydrogens (tertiary/aromatic N) is 4. The van der Waals surface area contributed by atoms with E-state index in [4.69, 9.17) is 0 Å². The zero-order valence-corrected chi connectivity index (χ0v) is 15.2. The van der Waals surface area contributed by atoms with Gasteiger partial charge in [-0.15, -0.1) is 0 Å². The molecule has 1 aromatic heterocycles. The first-order chi connectivity index (χ1) is 11.0. The maximum atomic E-state index is 12.2. The number of imidazole rings is 1. The lowest BCUT2D eigenvalue weighted by Gasteiger charge is -2.33. The predicted octanol–water partition coefficient (Wildman–Crippen LogP) is 2.59. The molecule has 0 aromatic carbocycles. The number of hydrogen-bond donors (Lipinski definition) is 0. The predicted molar refractivity (Wildman–Crippen MR) is 93.4 cm³/mol. The molecule has 0 bridgehead atoms. The molecule has 1 aliphatic rings. The fourth-order valence-corrected chi connectivity index (χ4v) is 3.45. The molecular weight excluding hydrogens is 288 g/mol. The van der Waals surface area contributed by atoms with Gasteiger partial charge in [0.15, 0.2) is 0 Å². The monoisotopic (exact) mass is 320 g/mol. The highest BCUT2D eigenvalue weighted by Crippen LogP contribution is 2.21. The molecule has 0 atom stereocenters. The SMILES string of the molecule is CCN(CC)C(=O)CN1CCC(Cn2ccnc2C(C)C)CC1. The molecular formula is C18H32N4O. The van der Waals surface area contributed by atoms with Crippen LogP contribution >= 0.6 is 0 Å². The van der Waals surface area contributed by atoms with Crippen molar-refractivity contribution in [3.63, 3.8) is 0 Å². The standard InChI is InChI=1S/C18H32N4O/c1-5-21(6-2)17(23)14-20-10-7-16(8-11-20)13-22-12-9-19-18(22)15(3)4/h9,12,15-16H,5-8,10-11,13-14H2,1-4H3. The topological polar surface area (TPSA) is 41.4 Å². The van der Waals surface area contributed by atoms with Crippen molar-refractivity contribution >= 4 is 5.91 Å². The van der Waals surface area contributed by atoms with Gasteiger partial charge in [-0.2, -0.15) is 0 Å². The third-order valence-corrected chi connectivity index (χ3v) is 4.90. The van der Waals surface area contributed by atoms with E-state index in [1.54, 1.807) is 0 Å². The van der Waals surface area contributed by atoms with Crippen LogP contribution in [0.3, 0.4) is 0 Å². The molecule has 23 heavy (non-hydrogen) atoms. The molecule has 130 valence electrons. The summed E-state index contributed by atoms with van der Waals surface area (Å²) in [5, 5.41) is 0. The number of aromatic nitrogens is 2. The number of carbonyl (C=O) groups excluding carboxylic acids is 1. The van der Waals surface area contributed by atoms with Gasteiger partial charge in [-0.1, -0.05) is 13.8 Å². The van der Waals surface area contributed by atoms with Crippen LogP contribution in [0.2, 0.25) is 0 Å². The summed E-state index contributed by atoms with van der Waals surface area (Å²) in [6.07, 6.45) is 6.35. The fourth-order valence-electron chi connectivity index (χ4n) is 3.45. The molecule has 1 aromatic rings. The molecule has 5 heteroatoms. The van der Waals surface area contributed by atoms with Crippen LogP contribution in [0.4, 0.5) is 0 Å². The van der Waals surface area contributed by atoms with Gasteiger partial charge in [0.25, 0.3) is 0 Å². The summed E-state index contributed by atoms with van der Waals surface area (Å²) in [5.41, 5.74) is 0. The first kappa shape index (κ1) is 18.0. The number of likely N-dealkylation sites (tertiary alicyclic amines) is 1. The highest BCUT2D eigenvalue weighted by molar-refractivity contribution is 5.78. The van der Waals surface area contributed by atoms with Gasteiger partial charge in [-0.25, -0.2) is 4.98 Å². The minimum absolute atomic E-state index is 0.269. The minimum atomic E-state index is 0.269. The largest absolute Gasteiger partial charge is 0.342 e. The molecule has 1 fully saturated rings. The van der Waals surface area contributed by atoms with Gasteiger partial charge in [0.2, 0.25) is 5.91 Å². The third-order valence-electron chi connectivity index (χ3n) is 4.90. The summed E-state index contributed by atoms with van der Waals surface area (Å²) < 4.78 is 2.31. The number of carbonyl (C=O) groups is 1. The second-order valence-electron chi connectivity index (χ2n) is 6.88. The van der Waals surface area contributed by atoms with Gasteiger partial charge in [-0.3, -0.25) is 9.69 Å². The molecule has 1 aliphatic heterocycles. The Hall–Kier alpha value is -1.36. The van der Waals surface area contributed by atoms with Crippen molar-refractivity contribution in [1.82, 2.24) is 19.4 Å². The summed E-state index contributed by atoms with van der Waals surface area (Å²) in [4.78, 5) is 20.9. The maximum Gasteiger partial charge on any atom is 0.236 e. The van der Waals surface area contributed by atoms with E-state index in [1.807, 2.05) is 24.9 Å². The van der Waals surface area contributed by atoms with E-state index >= 15 is 0 Å². The van der Waals surface area contributed by atoms with E-state index in [0.29, 0.717) is 18.4 Å². The van der Waals surface area contributed by atoms with Crippen molar-refractivity contribution in [3.05, 3.63) is 18.2 Å². The average Bonchev–Trinajstić information content (AvgIpc) is 2.99. The molecule has 2 heterocycles. The third kappa shape index (κ3) is 4.80. The van der Waals surface area contributed by atoms with Gasteiger partial charge in [0.1, 0.15) is 5.82 Å². The van der Waals surface area contributed by atoms with Gasteiger partial charge in [0.05, 0.1) is 6.54 Å². The zero-order chi connectivity index (χ0) is 16.8. The fraction of sp³-hybridized carbons (Fsp3) is 0.778. The number of rotatable bonds is 7. The molecule has 1 saturated heterocycles. The quantitative estimate of drug-likeness (QED) is 0.775. The molecule has 0 radical (unpaired) electrons. The molecule has 0 unspecified atom stereocenters. The van der Waals surface area contributed by atoms with Gasteiger partial charge in [-0.05, 0) is 45.7 Å². The summed E-state index contributed by atoms with van der Waals surface area (Å²) >= 11 is 0. The Labute approximate surface area is 140 Å². The minimum Gasteiger partial charge on any atom is -0.342 e. The number of piperidine rings is 1. The highest BCUT2D eigenvalue weighted by atomic mass is 16.2. The van der Waals surface area contributed by atoms with Crippen molar-refractivity contribution in [2.24, 2.45) is 5.92 Å². The first-order valence-corrected chi connectivity index (χ1v) is 9.06. The maximum absolute atomic E-state index is 12.2. The Kier molecular flexibility index (Phi) is 6.63. The smallest absolute Gasteiger partial charge is 0.236 e. The van der Waals surface area contributed by atoms with Crippen LogP contribution in [0.15, 0.2) is 12.4 Å². The Morgan fingerprint density at radius 3 is 2.52 bits per heavy atom. The molecule has 0 saturated carbocycles. The van der Waals surface area contributed by atoms with Crippen molar-refractivity contribution in [1.29, 1.82) is 0 Å². The van der Waals surface area contributed by atoms with Crippen molar-refractivity contribution < 1.29 is 4.79 Å². The number of likely N-dealkylation sites (N-methyl/N-ethyl adjacent to an activating group) is 1. The Balaban J connectivity index is 1.80. The molecule has 0 N–H and O–H groups in total. The van der Waals surface area contributed by atoms with Crippen LogP contribution in [0.5, 0.6) is 0 Å². The molecule has 5 nitrogen and oxygen atoms in total.